The Labute approximate surface area is 173 Å². The van der Waals surface area contributed by atoms with Crippen molar-refractivity contribution in [2.24, 2.45) is 5.73 Å². The molecule has 0 fully saturated rings. The first-order valence-electron chi connectivity index (χ1n) is 9.37. The van der Waals surface area contributed by atoms with E-state index in [0.717, 1.165) is 16.5 Å². The second-order valence-electron chi connectivity index (χ2n) is 7.07. The molecule has 1 atom stereocenters. The number of carbonyl (C=O) groups excluding carboxylic acids is 1. The number of H-pyrrole nitrogens is 1. The number of methoxy groups -OCH3 is 1. The highest BCUT2D eigenvalue weighted by atomic mass is 16.6. The molecule has 0 spiro atoms. The van der Waals surface area contributed by atoms with Crippen LogP contribution in [0.4, 0.5) is 0 Å². The second-order valence-corrected chi connectivity index (χ2v) is 7.07. The molecule has 2 heterocycles. The molecule has 0 aliphatic carbocycles. The molecular formula is C22H23N3O5. The van der Waals surface area contributed by atoms with Crippen molar-refractivity contribution < 1.29 is 19.0 Å². The average molecular weight is 409 g/mol. The minimum Gasteiger partial charge on any atom is -0.460 e. The minimum absolute atomic E-state index is 0.0190. The number of nitriles is 1. The van der Waals surface area contributed by atoms with Gasteiger partial charge in [-0.15, -0.1) is 0 Å². The van der Waals surface area contributed by atoms with Gasteiger partial charge in [0.2, 0.25) is 5.88 Å². The molecule has 2 aromatic rings. The number of esters is 1. The van der Waals surface area contributed by atoms with E-state index >= 15 is 0 Å². The zero-order valence-electron chi connectivity index (χ0n) is 17.3. The van der Waals surface area contributed by atoms with E-state index in [1.807, 2.05) is 32.0 Å². The predicted molar refractivity (Wildman–Crippen MR) is 110 cm³/mol. The van der Waals surface area contributed by atoms with Gasteiger partial charge in [0.05, 0.1) is 23.6 Å². The molecule has 0 saturated carbocycles. The van der Waals surface area contributed by atoms with Crippen LogP contribution in [0.2, 0.25) is 0 Å². The van der Waals surface area contributed by atoms with Gasteiger partial charge < -0.3 is 24.9 Å². The third-order valence-electron chi connectivity index (χ3n) is 5.13. The number of ether oxygens (including phenoxy) is 3. The smallest absolute Gasteiger partial charge is 0.338 e. The molecule has 3 N–H and O–H groups in total. The van der Waals surface area contributed by atoms with Gasteiger partial charge in [-0.25, -0.2) is 4.79 Å². The van der Waals surface area contributed by atoms with Crippen molar-refractivity contribution in [3.63, 3.8) is 0 Å². The van der Waals surface area contributed by atoms with Crippen molar-refractivity contribution in [1.82, 2.24) is 4.98 Å². The Kier molecular flexibility index (Phi) is 5.94. The number of hydrogen-bond acceptors (Lipinski definition) is 7. The number of fused-ring (bicyclic) bond motifs is 1. The predicted octanol–water partition coefficient (Wildman–Crippen LogP) is 2.42. The topological polar surface area (TPSA) is 127 Å². The highest BCUT2D eigenvalue weighted by Gasteiger charge is 2.38. The number of carbonyl (C=O) groups is 1. The number of aryl methyl sites for hydroxylation is 2. The van der Waals surface area contributed by atoms with Crippen molar-refractivity contribution in [3.05, 3.63) is 68.0 Å². The van der Waals surface area contributed by atoms with E-state index in [9.17, 15) is 14.9 Å². The normalized spacial score (nSPS) is 16.4. The van der Waals surface area contributed by atoms with Crippen LogP contribution in [0.15, 0.2) is 45.8 Å². The molecule has 3 rings (SSSR count). The molecular weight excluding hydrogens is 386 g/mol. The van der Waals surface area contributed by atoms with E-state index in [4.69, 9.17) is 19.9 Å². The van der Waals surface area contributed by atoms with Crippen LogP contribution in [0, 0.1) is 25.2 Å². The Hall–Kier alpha value is -3.57. The minimum atomic E-state index is -1.01. The summed E-state index contributed by atoms with van der Waals surface area (Å²) in [5.41, 5.74) is 8.33. The van der Waals surface area contributed by atoms with Gasteiger partial charge >= 0.3 is 5.97 Å². The number of nitrogens with two attached hydrogens (primary N) is 1. The largest absolute Gasteiger partial charge is 0.460 e. The number of allylic oxidation sites excluding steroid dienone is 2. The van der Waals surface area contributed by atoms with Crippen molar-refractivity contribution in [3.8, 4) is 6.07 Å². The monoisotopic (exact) mass is 409 g/mol. The summed E-state index contributed by atoms with van der Waals surface area (Å²) < 4.78 is 15.6. The van der Waals surface area contributed by atoms with Crippen LogP contribution in [-0.4, -0.2) is 31.3 Å². The van der Waals surface area contributed by atoms with Gasteiger partial charge in [-0.1, -0.05) is 12.1 Å². The number of rotatable bonds is 5. The molecule has 1 unspecified atom stereocenters. The van der Waals surface area contributed by atoms with Gasteiger partial charge in [-0.3, -0.25) is 4.79 Å². The zero-order chi connectivity index (χ0) is 22.0. The van der Waals surface area contributed by atoms with E-state index < -0.39 is 17.4 Å². The maximum Gasteiger partial charge on any atom is 0.338 e. The number of aromatic amines is 1. The van der Waals surface area contributed by atoms with Crippen LogP contribution >= 0.6 is 0 Å². The number of nitrogens with zero attached hydrogens (tertiary/aromatic N) is 1. The van der Waals surface area contributed by atoms with Gasteiger partial charge in [0.15, 0.2) is 0 Å². The summed E-state index contributed by atoms with van der Waals surface area (Å²) in [6.45, 7) is 5.59. The lowest BCUT2D eigenvalue weighted by molar-refractivity contribution is -0.140. The molecule has 0 saturated heterocycles. The van der Waals surface area contributed by atoms with E-state index in [1.54, 1.807) is 13.0 Å². The number of pyridine rings is 1. The zero-order valence-corrected chi connectivity index (χ0v) is 17.3. The van der Waals surface area contributed by atoms with Crippen LogP contribution in [0.1, 0.15) is 29.5 Å². The summed E-state index contributed by atoms with van der Waals surface area (Å²) in [6.07, 6.45) is 0. The van der Waals surface area contributed by atoms with Crippen molar-refractivity contribution in [2.75, 3.05) is 20.3 Å². The maximum atomic E-state index is 13.0. The molecule has 0 amide bonds. The summed E-state index contributed by atoms with van der Waals surface area (Å²) in [5.74, 6) is -1.67. The average Bonchev–Trinajstić information content (AvgIpc) is 2.70. The van der Waals surface area contributed by atoms with Crippen LogP contribution < -0.4 is 11.3 Å². The first kappa shape index (κ1) is 21.1. The van der Waals surface area contributed by atoms with E-state index in [-0.39, 0.29) is 41.6 Å². The Balaban J connectivity index is 2.23. The molecule has 1 aliphatic rings. The Morgan fingerprint density at radius 3 is 2.63 bits per heavy atom. The lowest BCUT2D eigenvalue weighted by Crippen LogP contribution is -2.29. The van der Waals surface area contributed by atoms with Crippen LogP contribution in [-0.2, 0) is 19.0 Å². The van der Waals surface area contributed by atoms with Gasteiger partial charge in [-0.2, -0.15) is 5.26 Å². The Bertz CT molecular complexity index is 1180. The van der Waals surface area contributed by atoms with E-state index in [0.29, 0.717) is 5.52 Å². The highest BCUT2D eigenvalue weighted by molar-refractivity contribution is 5.93. The summed E-state index contributed by atoms with van der Waals surface area (Å²) in [7, 11) is 1.49. The first-order valence-corrected chi connectivity index (χ1v) is 9.37. The van der Waals surface area contributed by atoms with E-state index in [1.165, 1.54) is 7.11 Å². The fourth-order valence-corrected chi connectivity index (χ4v) is 3.56. The lowest BCUT2D eigenvalue weighted by atomic mass is 9.83. The highest BCUT2D eigenvalue weighted by Crippen LogP contribution is 2.39. The fourth-order valence-electron chi connectivity index (χ4n) is 3.56. The molecule has 30 heavy (non-hydrogen) atoms. The van der Waals surface area contributed by atoms with Crippen LogP contribution in [0.25, 0.3) is 10.9 Å². The van der Waals surface area contributed by atoms with E-state index in [2.05, 4.69) is 4.98 Å². The molecule has 0 radical (unpaired) electrons. The van der Waals surface area contributed by atoms with Gasteiger partial charge in [0.1, 0.15) is 24.0 Å². The SMILES string of the molecule is COCCOC(=O)C1=C(C)OC(N)=C(C#N)C1c1cc2c(C)ccc(C)c2[nH]c1=O. The number of benzene rings is 1. The molecule has 1 aliphatic heterocycles. The summed E-state index contributed by atoms with van der Waals surface area (Å²) in [6, 6.07) is 7.55. The maximum absolute atomic E-state index is 13.0. The van der Waals surface area contributed by atoms with Crippen molar-refractivity contribution in [2.45, 2.75) is 26.7 Å². The molecule has 0 bridgehead atoms. The molecule has 1 aromatic heterocycles. The fraction of sp³-hybridized carbons (Fsp3) is 0.318. The van der Waals surface area contributed by atoms with Crippen molar-refractivity contribution in [1.29, 1.82) is 5.26 Å². The molecule has 8 nitrogen and oxygen atoms in total. The lowest BCUT2D eigenvalue weighted by Gasteiger charge is -2.26. The third kappa shape index (κ3) is 3.67. The Morgan fingerprint density at radius 1 is 1.27 bits per heavy atom. The van der Waals surface area contributed by atoms with Gasteiger partial charge in [-0.05, 0) is 38.0 Å². The standard InChI is InChI=1S/C22H23N3O5/c1-11-5-6-12(2)19-14(11)9-15(21(26)25-19)18-16(10-23)20(24)30-13(3)17(18)22(27)29-8-7-28-4/h5-6,9,18H,7-8,24H2,1-4H3,(H,25,26). The molecule has 156 valence electrons. The number of aromatic nitrogens is 1. The molecule has 8 heteroatoms. The van der Waals surface area contributed by atoms with Crippen LogP contribution in [0.3, 0.4) is 0 Å². The second kappa shape index (κ2) is 8.43. The number of hydrogen-bond donors (Lipinski definition) is 2. The Morgan fingerprint density at radius 2 is 1.97 bits per heavy atom. The first-order chi connectivity index (χ1) is 14.3. The summed E-state index contributed by atoms with van der Waals surface area (Å²) in [4.78, 5) is 28.8. The molecule has 1 aromatic carbocycles. The summed E-state index contributed by atoms with van der Waals surface area (Å²) >= 11 is 0. The van der Waals surface area contributed by atoms with Crippen molar-refractivity contribution >= 4 is 16.9 Å². The quantitative estimate of drug-likeness (QED) is 0.573. The third-order valence-corrected chi connectivity index (χ3v) is 5.13. The van der Waals surface area contributed by atoms with Crippen LogP contribution in [0.5, 0.6) is 0 Å². The summed E-state index contributed by atoms with van der Waals surface area (Å²) in [5, 5.41) is 10.5. The van der Waals surface area contributed by atoms with Gasteiger partial charge in [0.25, 0.3) is 5.56 Å². The number of nitrogens with one attached hydrogen (secondary N) is 1. The van der Waals surface area contributed by atoms with Gasteiger partial charge in [0, 0.05) is 18.1 Å².